The number of nitrogens with one attached hydrogen (secondary N) is 1. The maximum Gasteiger partial charge on any atom is 0.219 e. The van der Waals surface area contributed by atoms with Gasteiger partial charge in [-0.05, 0) is 17.7 Å². The van der Waals surface area contributed by atoms with Gasteiger partial charge in [-0.3, -0.25) is 0 Å². The van der Waals surface area contributed by atoms with Crippen molar-refractivity contribution in [2.75, 3.05) is 7.11 Å². The zero-order valence-corrected chi connectivity index (χ0v) is 11.5. The van der Waals surface area contributed by atoms with Gasteiger partial charge < -0.3 is 14.8 Å². The summed E-state index contributed by atoms with van der Waals surface area (Å²) >= 11 is 0. The van der Waals surface area contributed by atoms with Crippen LogP contribution < -0.4 is 4.74 Å². The van der Waals surface area contributed by atoms with Gasteiger partial charge in [0.05, 0.1) is 7.11 Å². The predicted octanol–water partition coefficient (Wildman–Crippen LogP) is 2.56. The number of H-pyrrole nitrogens is 1. The molecule has 0 saturated carbocycles. The maximum absolute atomic E-state index is 10.5. The third kappa shape index (κ3) is 2.64. The second kappa shape index (κ2) is 5.76. The zero-order chi connectivity index (χ0) is 14.7. The van der Waals surface area contributed by atoms with E-state index in [0.717, 1.165) is 17.0 Å². The molecule has 5 heteroatoms. The van der Waals surface area contributed by atoms with Gasteiger partial charge in [0.25, 0.3) is 0 Å². The van der Waals surface area contributed by atoms with Gasteiger partial charge in [0.15, 0.2) is 0 Å². The molecule has 0 saturated heterocycles. The first-order valence-electron chi connectivity index (χ1n) is 6.56. The van der Waals surface area contributed by atoms with Crippen LogP contribution in [0.15, 0.2) is 55.0 Å². The molecule has 0 aliphatic rings. The molecule has 0 aliphatic heterocycles. The largest absolute Gasteiger partial charge is 0.481 e. The Kier molecular flexibility index (Phi) is 3.66. The molecule has 3 rings (SSSR count). The zero-order valence-electron chi connectivity index (χ0n) is 11.5. The minimum atomic E-state index is -0.778. The topological polar surface area (TPSA) is 71.0 Å². The summed E-state index contributed by atoms with van der Waals surface area (Å²) in [5.74, 6) is 1.23. The minimum absolute atomic E-state index is 0.431. The highest BCUT2D eigenvalue weighted by atomic mass is 16.5. The Morgan fingerprint density at radius 2 is 1.90 bits per heavy atom. The summed E-state index contributed by atoms with van der Waals surface area (Å²) in [4.78, 5) is 11.4. The number of aromatic amines is 1. The number of methoxy groups -OCH3 is 1. The molecule has 1 unspecified atom stereocenters. The van der Waals surface area contributed by atoms with Gasteiger partial charge in [-0.25, -0.2) is 9.97 Å². The SMILES string of the molecule is COc1ncccc1C(O)c1ccc(-c2ncc[nH]2)cc1. The van der Waals surface area contributed by atoms with Gasteiger partial charge in [-0.2, -0.15) is 0 Å². The minimum Gasteiger partial charge on any atom is -0.481 e. The van der Waals surface area contributed by atoms with E-state index in [9.17, 15) is 5.11 Å². The lowest BCUT2D eigenvalue weighted by Crippen LogP contribution is -2.03. The summed E-state index contributed by atoms with van der Waals surface area (Å²) in [7, 11) is 1.54. The van der Waals surface area contributed by atoms with Crippen LogP contribution in [0.1, 0.15) is 17.2 Å². The second-order valence-electron chi connectivity index (χ2n) is 4.56. The van der Waals surface area contributed by atoms with E-state index in [1.807, 2.05) is 24.3 Å². The lowest BCUT2D eigenvalue weighted by molar-refractivity contribution is 0.213. The number of hydrogen-bond donors (Lipinski definition) is 2. The van der Waals surface area contributed by atoms with Crippen molar-refractivity contribution in [2.45, 2.75) is 6.10 Å². The van der Waals surface area contributed by atoms with Crippen LogP contribution >= 0.6 is 0 Å². The molecular formula is C16H15N3O2. The summed E-state index contributed by atoms with van der Waals surface area (Å²) in [5.41, 5.74) is 2.39. The average Bonchev–Trinajstić information content (AvgIpc) is 3.09. The molecule has 0 spiro atoms. The maximum atomic E-state index is 10.5. The Balaban J connectivity index is 1.90. The quantitative estimate of drug-likeness (QED) is 0.771. The summed E-state index contributed by atoms with van der Waals surface area (Å²) < 4.78 is 5.18. The van der Waals surface area contributed by atoms with E-state index < -0.39 is 6.10 Å². The number of imidazole rings is 1. The van der Waals surface area contributed by atoms with Gasteiger partial charge in [0.2, 0.25) is 5.88 Å². The molecule has 0 fully saturated rings. The first-order valence-corrected chi connectivity index (χ1v) is 6.56. The molecule has 1 atom stereocenters. The molecule has 2 aromatic heterocycles. The molecule has 2 heterocycles. The monoisotopic (exact) mass is 281 g/mol. The lowest BCUT2D eigenvalue weighted by Gasteiger charge is -2.14. The van der Waals surface area contributed by atoms with Crippen LogP contribution in [-0.4, -0.2) is 27.2 Å². The molecular weight excluding hydrogens is 266 g/mol. The Labute approximate surface area is 122 Å². The second-order valence-corrected chi connectivity index (χ2v) is 4.56. The van der Waals surface area contributed by atoms with Crippen molar-refractivity contribution in [1.82, 2.24) is 15.0 Å². The lowest BCUT2D eigenvalue weighted by atomic mass is 10.0. The van der Waals surface area contributed by atoms with Crippen molar-refractivity contribution in [3.05, 3.63) is 66.1 Å². The van der Waals surface area contributed by atoms with E-state index in [0.29, 0.717) is 11.4 Å². The van der Waals surface area contributed by atoms with Crippen LogP contribution in [0.25, 0.3) is 11.4 Å². The molecule has 106 valence electrons. The Morgan fingerprint density at radius 3 is 2.57 bits per heavy atom. The number of ether oxygens (including phenoxy) is 1. The Hall–Kier alpha value is -2.66. The number of benzene rings is 1. The molecule has 2 N–H and O–H groups in total. The molecule has 0 bridgehead atoms. The predicted molar refractivity (Wildman–Crippen MR) is 78.9 cm³/mol. The van der Waals surface area contributed by atoms with Crippen molar-refractivity contribution >= 4 is 0 Å². The van der Waals surface area contributed by atoms with Gasteiger partial charge in [-0.1, -0.05) is 24.3 Å². The summed E-state index contributed by atoms with van der Waals surface area (Å²) in [6.45, 7) is 0. The molecule has 0 amide bonds. The normalized spacial score (nSPS) is 12.1. The van der Waals surface area contributed by atoms with Crippen molar-refractivity contribution < 1.29 is 9.84 Å². The standard InChI is InChI=1S/C16H15N3O2/c1-21-16-13(3-2-8-19-16)14(20)11-4-6-12(7-5-11)15-17-9-10-18-15/h2-10,14,20H,1H3,(H,17,18). The number of nitrogens with zero attached hydrogens (tertiary/aromatic N) is 2. The third-order valence-electron chi connectivity index (χ3n) is 3.29. The highest BCUT2D eigenvalue weighted by molar-refractivity contribution is 5.55. The average molecular weight is 281 g/mol. The van der Waals surface area contributed by atoms with Crippen LogP contribution in [0.5, 0.6) is 5.88 Å². The van der Waals surface area contributed by atoms with Crippen LogP contribution in [-0.2, 0) is 0 Å². The van der Waals surface area contributed by atoms with Crippen molar-refractivity contribution in [1.29, 1.82) is 0 Å². The van der Waals surface area contributed by atoms with Gasteiger partial charge in [-0.15, -0.1) is 0 Å². The van der Waals surface area contributed by atoms with E-state index in [4.69, 9.17) is 4.74 Å². The summed E-state index contributed by atoms with van der Waals surface area (Å²) in [6.07, 6.45) is 4.34. The fourth-order valence-corrected chi connectivity index (χ4v) is 2.21. The van der Waals surface area contributed by atoms with E-state index in [-0.39, 0.29) is 0 Å². The van der Waals surface area contributed by atoms with Crippen LogP contribution in [0.3, 0.4) is 0 Å². The number of rotatable bonds is 4. The van der Waals surface area contributed by atoms with Crippen LogP contribution in [0.4, 0.5) is 0 Å². The van der Waals surface area contributed by atoms with Crippen molar-refractivity contribution in [3.63, 3.8) is 0 Å². The van der Waals surface area contributed by atoms with E-state index in [1.54, 1.807) is 37.8 Å². The Bertz CT molecular complexity index is 709. The Morgan fingerprint density at radius 1 is 1.10 bits per heavy atom. The van der Waals surface area contributed by atoms with Gasteiger partial charge in [0, 0.05) is 29.7 Å². The number of aliphatic hydroxyl groups excluding tert-OH is 1. The highest BCUT2D eigenvalue weighted by Crippen LogP contribution is 2.29. The van der Waals surface area contributed by atoms with Crippen molar-refractivity contribution in [3.8, 4) is 17.3 Å². The van der Waals surface area contributed by atoms with Gasteiger partial charge >= 0.3 is 0 Å². The van der Waals surface area contributed by atoms with Crippen LogP contribution in [0, 0.1) is 0 Å². The fraction of sp³-hybridized carbons (Fsp3) is 0.125. The first-order chi connectivity index (χ1) is 10.3. The number of hydrogen-bond acceptors (Lipinski definition) is 4. The van der Waals surface area contributed by atoms with E-state index >= 15 is 0 Å². The number of pyridine rings is 1. The first kappa shape index (κ1) is 13.3. The smallest absolute Gasteiger partial charge is 0.219 e. The summed E-state index contributed by atoms with van der Waals surface area (Å²) in [5, 5.41) is 10.5. The third-order valence-corrected chi connectivity index (χ3v) is 3.29. The molecule has 1 aromatic carbocycles. The number of aliphatic hydroxyl groups is 1. The van der Waals surface area contributed by atoms with Crippen molar-refractivity contribution in [2.24, 2.45) is 0 Å². The molecule has 0 aliphatic carbocycles. The van der Waals surface area contributed by atoms with E-state index in [2.05, 4.69) is 15.0 Å². The van der Waals surface area contributed by atoms with Gasteiger partial charge in [0.1, 0.15) is 11.9 Å². The number of aromatic nitrogens is 3. The summed E-state index contributed by atoms with van der Waals surface area (Å²) in [6, 6.07) is 11.2. The van der Waals surface area contributed by atoms with E-state index in [1.165, 1.54) is 0 Å². The molecule has 3 aromatic rings. The highest BCUT2D eigenvalue weighted by Gasteiger charge is 2.16. The fourth-order valence-electron chi connectivity index (χ4n) is 2.21. The van der Waals surface area contributed by atoms with Crippen LogP contribution in [0.2, 0.25) is 0 Å². The molecule has 0 radical (unpaired) electrons. The molecule has 5 nitrogen and oxygen atoms in total. The molecule has 21 heavy (non-hydrogen) atoms.